The van der Waals surface area contributed by atoms with Gasteiger partial charge >= 0.3 is 5.97 Å². The first kappa shape index (κ1) is 17.7. The minimum absolute atomic E-state index is 0.0486. The molecule has 0 aliphatic rings. The summed E-state index contributed by atoms with van der Waals surface area (Å²) in [5.41, 5.74) is 0. The van der Waals surface area contributed by atoms with Crippen molar-refractivity contribution in [2.45, 2.75) is 63.5 Å². The zero-order valence-electron chi connectivity index (χ0n) is 11.5. The van der Waals surface area contributed by atoms with E-state index in [0.717, 1.165) is 38.4 Å². The molecule has 0 radical (unpaired) electrons. The summed E-state index contributed by atoms with van der Waals surface area (Å²) in [5, 5.41) is -0.104. The number of ether oxygens (including phenoxy) is 1. The van der Waals surface area contributed by atoms with Gasteiger partial charge in [-0.15, -0.1) is 11.8 Å². The molecule has 0 aliphatic carbocycles. The molecule has 18 heavy (non-hydrogen) atoms. The summed E-state index contributed by atoms with van der Waals surface area (Å²) in [5.74, 6) is -1.90. The van der Waals surface area contributed by atoms with Crippen LogP contribution in [0.5, 0.6) is 0 Å². The summed E-state index contributed by atoms with van der Waals surface area (Å²) >= 11 is 1.57. The molecule has 108 valence electrons. The van der Waals surface area contributed by atoms with Gasteiger partial charge in [0.15, 0.2) is 0 Å². The standard InChI is InChI=1S/C13H24F2O2S/c1-4-8-11(12(16)17-3)18-10-7-5-6-9-13(2,14)15/h11H,4-10H2,1-3H3. The molecule has 0 aliphatic heterocycles. The van der Waals surface area contributed by atoms with E-state index in [0.29, 0.717) is 6.42 Å². The number of halogens is 2. The molecule has 0 amide bonds. The maximum atomic E-state index is 12.5. The van der Waals surface area contributed by atoms with Crippen molar-refractivity contribution in [1.29, 1.82) is 0 Å². The Kier molecular flexibility index (Phi) is 9.42. The van der Waals surface area contributed by atoms with Crippen molar-refractivity contribution in [1.82, 2.24) is 0 Å². The van der Waals surface area contributed by atoms with Gasteiger partial charge in [0.25, 0.3) is 0 Å². The van der Waals surface area contributed by atoms with Gasteiger partial charge in [-0.1, -0.05) is 19.8 Å². The van der Waals surface area contributed by atoms with Gasteiger partial charge in [-0.3, -0.25) is 4.79 Å². The summed E-state index contributed by atoms with van der Waals surface area (Å²) in [4.78, 5) is 11.4. The number of hydrogen-bond acceptors (Lipinski definition) is 3. The van der Waals surface area contributed by atoms with Crippen LogP contribution in [0, 0.1) is 0 Å². The minimum Gasteiger partial charge on any atom is -0.468 e. The SMILES string of the molecule is CCCC(SCCCCCC(C)(F)F)C(=O)OC. The molecule has 5 heteroatoms. The number of carbonyl (C=O) groups excluding carboxylic acids is 1. The van der Waals surface area contributed by atoms with Crippen molar-refractivity contribution in [3.05, 3.63) is 0 Å². The van der Waals surface area contributed by atoms with E-state index in [1.54, 1.807) is 11.8 Å². The fraction of sp³-hybridized carbons (Fsp3) is 0.923. The average Bonchev–Trinajstić information content (AvgIpc) is 2.29. The lowest BCUT2D eigenvalue weighted by atomic mass is 10.1. The summed E-state index contributed by atoms with van der Waals surface area (Å²) in [6.07, 6.45) is 3.90. The van der Waals surface area contributed by atoms with Gasteiger partial charge in [-0.2, -0.15) is 0 Å². The topological polar surface area (TPSA) is 26.3 Å². The van der Waals surface area contributed by atoms with Crippen molar-refractivity contribution in [3.8, 4) is 0 Å². The predicted octanol–water partition coefficient (Wildman–Crippen LogP) is 4.28. The third-order valence-corrected chi connectivity index (χ3v) is 3.95. The lowest BCUT2D eigenvalue weighted by Gasteiger charge is -2.13. The van der Waals surface area contributed by atoms with Crippen molar-refractivity contribution >= 4 is 17.7 Å². The normalized spacial score (nSPS) is 13.4. The molecule has 0 bridgehead atoms. The second kappa shape index (κ2) is 9.59. The van der Waals surface area contributed by atoms with E-state index in [4.69, 9.17) is 4.74 Å². The molecule has 0 heterocycles. The molecule has 0 saturated carbocycles. The highest BCUT2D eigenvalue weighted by Crippen LogP contribution is 2.23. The third kappa shape index (κ3) is 9.68. The van der Waals surface area contributed by atoms with E-state index in [-0.39, 0.29) is 17.6 Å². The molecule has 1 atom stereocenters. The van der Waals surface area contributed by atoms with E-state index in [1.807, 2.05) is 6.92 Å². The molecule has 2 nitrogen and oxygen atoms in total. The van der Waals surface area contributed by atoms with Crippen molar-refractivity contribution in [2.24, 2.45) is 0 Å². The molecule has 0 aromatic rings. The van der Waals surface area contributed by atoms with Crippen LogP contribution < -0.4 is 0 Å². The summed E-state index contributed by atoms with van der Waals surface area (Å²) in [6, 6.07) is 0. The Morgan fingerprint density at radius 3 is 2.50 bits per heavy atom. The monoisotopic (exact) mass is 282 g/mol. The quantitative estimate of drug-likeness (QED) is 0.442. The van der Waals surface area contributed by atoms with Gasteiger partial charge in [-0.25, -0.2) is 8.78 Å². The summed E-state index contributed by atoms with van der Waals surface area (Å²) in [7, 11) is 1.40. The fourth-order valence-electron chi connectivity index (χ4n) is 1.60. The van der Waals surface area contributed by atoms with E-state index in [9.17, 15) is 13.6 Å². The summed E-state index contributed by atoms with van der Waals surface area (Å²) < 4.78 is 29.8. The van der Waals surface area contributed by atoms with Gasteiger partial charge in [-0.05, 0) is 31.9 Å². The maximum Gasteiger partial charge on any atom is 0.318 e. The Labute approximate surface area is 113 Å². The first-order chi connectivity index (χ1) is 8.40. The molecule has 0 saturated heterocycles. The molecule has 0 spiro atoms. The summed E-state index contributed by atoms with van der Waals surface area (Å²) in [6.45, 7) is 2.98. The molecular formula is C13H24F2O2S. The second-order valence-electron chi connectivity index (χ2n) is 4.55. The van der Waals surface area contributed by atoms with Gasteiger partial charge < -0.3 is 4.74 Å². The number of methoxy groups -OCH3 is 1. The van der Waals surface area contributed by atoms with E-state index < -0.39 is 5.92 Å². The highest BCUT2D eigenvalue weighted by molar-refractivity contribution is 8.00. The number of thioether (sulfide) groups is 1. The molecule has 0 aromatic carbocycles. The Hall–Kier alpha value is -0.320. The highest BCUT2D eigenvalue weighted by Gasteiger charge is 2.20. The zero-order chi connectivity index (χ0) is 14.0. The lowest BCUT2D eigenvalue weighted by molar-refractivity contribution is -0.140. The van der Waals surface area contributed by atoms with Crippen LogP contribution >= 0.6 is 11.8 Å². The van der Waals surface area contributed by atoms with Crippen LogP contribution in [-0.4, -0.2) is 30.0 Å². The van der Waals surface area contributed by atoms with Crippen LogP contribution in [0.2, 0.25) is 0 Å². The number of unbranched alkanes of at least 4 members (excludes halogenated alkanes) is 2. The first-order valence-electron chi connectivity index (χ1n) is 6.48. The predicted molar refractivity (Wildman–Crippen MR) is 72.3 cm³/mol. The Morgan fingerprint density at radius 2 is 2.00 bits per heavy atom. The molecule has 0 aromatic heterocycles. The molecule has 0 N–H and O–H groups in total. The van der Waals surface area contributed by atoms with Gasteiger partial charge in [0, 0.05) is 6.42 Å². The van der Waals surface area contributed by atoms with E-state index >= 15 is 0 Å². The number of rotatable bonds is 10. The van der Waals surface area contributed by atoms with Crippen LogP contribution in [0.3, 0.4) is 0 Å². The number of alkyl halides is 2. The zero-order valence-corrected chi connectivity index (χ0v) is 12.3. The average molecular weight is 282 g/mol. The van der Waals surface area contributed by atoms with Crippen molar-refractivity contribution in [3.63, 3.8) is 0 Å². The second-order valence-corrected chi connectivity index (χ2v) is 5.86. The Bertz CT molecular complexity index is 230. The number of carbonyl (C=O) groups is 1. The first-order valence-corrected chi connectivity index (χ1v) is 7.53. The van der Waals surface area contributed by atoms with E-state index in [2.05, 4.69) is 0 Å². The third-order valence-electron chi connectivity index (χ3n) is 2.59. The maximum absolute atomic E-state index is 12.5. The van der Waals surface area contributed by atoms with Gasteiger partial charge in [0.1, 0.15) is 5.25 Å². The van der Waals surface area contributed by atoms with Crippen LogP contribution in [0.1, 0.15) is 52.4 Å². The highest BCUT2D eigenvalue weighted by atomic mass is 32.2. The van der Waals surface area contributed by atoms with E-state index in [1.165, 1.54) is 7.11 Å². The van der Waals surface area contributed by atoms with Crippen LogP contribution in [0.4, 0.5) is 8.78 Å². The molecule has 1 unspecified atom stereocenters. The van der Waals surface area contributed by atoms with Crippen LogP contribution in [0.15, 0.2) is 0 Å². The lowest BCUT2D eigenvalue weighted by Crippen LogP contribution is -2.19. The molecule has 0 fully saturated rings. The molecular weight excluding hydrogens is 258 g/mol. The smallest absolute Gasteiger partial charge is 0.318 e. The minimum atomic E-state index is -2.55. The largest absolute Gasteiger partial charge is 0.468 e. The van der Waals surface area contributed by atoms with Crippen LogP contribution in [-0.2, 0) is 9.53 Å². The van der Waals surface area contributed by atoms with Crippen molar-refractivity contribution in [2.75, 3.05) is 12.9 Å². The Morgan fingerprint density at radius 1 is 1.33 bits per heavy atom. The fourth-order valence-corrected chi connectivity index (χ4v) is 2.89. The number of esters is 1. The number of hydrogen-bond donors (Lipinski definition) is 0. The van der Waals surface area contributed by atoms with Crippen molar-refractivity contribution < 1.29 is 18.3 Å². The van der Waals surface area contributed by atoms with Gasteiger partial charge in [0.2, 0.25) is 5.92 Å². The molecule has 0 rings (SSSR count). The Balaban J connectivity index is 3.64. The van der Waals surface area contributed by atoms with Crippen LogP contribution in [0.25, 0.3) is 0 Å². The van der Waals surface area contributed by atoms with Gasteiger partial charge in [0.05, 0.1) is 7.11 Å².